The van der Waals surface area contributed by atoms with E-state index in [2.05, 4.69) is 37.1 Å². The molecule has 0 aromatic carbocycles. The molecule has 0 radical (unpaired) electrons. The van der Waals surface area contributed by atoms with Crippen LogP contribution >= 0.6 is 11.3 Å². The van der Waals surface area contributed by atoms with E-state index in [1.807, 2.05) is 11.3 Å². The SMILES string of the molecule is CCNCC(C)=Cc1sc(N2CCCCC2)nc1C. The minimum atomic E-state index is 0.965. The van der Waals surface area contributed by atoms with Gasteiger partial charge in [0.2, 0.25) is 0 Å². The Morgan fingerprint density at radius 3 is 2.79 bits per heavy atom. The van der Waals surface area contributed by atoms with Crippen LogP contribution in [0.5, 0.6) is 0 Å². The highest BCUT2D eigenvalue weighted by Crippen LogP contribution is 2.29. The van der Waals surface area contributed by atoms with Crippen molar-refractivity contribution in [3.05, 3.63) is 16.1 Å². The van der Waals surface area contributed by atoms with Crippen molar-refractivity contribution < 1.29 is 0 Å². The van der Waals surface area contributed by atoms with Gasteiger partial charge in [-0.1, -0.05) is 23.8 Å². The number of nitrogens with zero attached hydrogens (tertiary/aromatic N) is 2. The Morgan fingerprint density at radius 2 is 2.11 bits per heavy atom. The van der Waals surface area contributed by atoms with Crippen LogP contribution in [0, 0.1) is 6.92 Å². The van der Waals surface area contributed by atoms with E-state index in [0.717, 1.165) is 13.1 Å². The predicted octanol–water partition coefficient (Wildman–Crippen LogP) is 3.45. The average molecular weight is 279 g/mol. The minimum absolute atomic E-state index is 0.965. The Kier molecular flexibility index (Phi) is 5.40. The second-order valence-corrected chi connectivity index (χ2v) is 6.27. The summed E-state index contributed by atoms with van der Waals surface area (Å²) in [5.41, 5.74) is 2.54. The first-order valence-electron chi connectivity index (χ1n) is 7.31. The maximum atomic E-state index is 4.75. The molecule has 0 bridgehead atoms. The first kappa shape index (κ1) is 14.5. The van der Waals surface area contributed by atoms with E-state index in [0.29, 0.717) is 0 Å². The summed E-state index contributed by atoms with van der Waals surface area (Å²) in [6, 6.07) is 0. The van der Waals surface area contributed by atoms with Gasteiger partial charge in [-0.3, -0.25) is 0 Å². The summed E-state index contributed by atoms with van der Waals surface area (Å²) in [6.07, 6.45) is 6.27. The van der Waals surface area contributed by atoms with Gasteiger partial charge in [-0.15, -0.1) is 0 Å². The molecule has 0 saturated carbocycles. The van der Waals surface area contributed by atoms with Gasteiger partial charge in [0.25, 0.3) is 0 Å². The van der Waals surface area contributed by atoms with Gasteiger partial charge in [-0.05, 0) is 45.7 Å². The quantitative estimate of drug-likeness (QED) is 0.894. The lowest BCUT2D eigenvalue weighted by Gasteiger charge is -2.25. The van der Waals surface area contributed by atoms with Crippen molar-refractivity contribution in [1.29, 1.82) is 0 Å². The van der Waals surface area contributed by atoms with E-state index < -0.39 is 0 Å². The number of aromatic nitrogens is 1. The minimum Gasteiger partial charge on any atom is -0.348 e. The molecule has 2 rings (SSSR count). The molecule has 0 aliphatic carbocycles. The van der Waals surface area contributed by atoms with Crippen LogP contribution in [0.15, 0.2) is 5.57 Å². The number of likely N-dealkylation sites (N-methyl/N-ethyl adjacent to an activating group) is 1. The largest absolute Gasteiger partial charge is 0.348 e. The monoisotopic (exact) mass is 279 g/mol. The van der Waals surface area contributed by atoms with E-state index in [1.165, 1.54) is 53.6 Å². The third kappa shape index (κ3) is 4.05. The highest BCUT2D eigenvalue weighted by molar-refractivity contribution is 7.16. The van der Waals surface area contributed by atoms with Crippen LogP contribution in [0.3, 0.4) is 0 Å². The van der Waals surface area contributed by atoms with Gasteiger partial charge in [-0.2, -0.15) is 0 Å². The highest BCUT2D eigenvalue weighted by Gasteiger charge is 2.15. The van der Waals surface area contributed by atoms with Crippen molar-refractivity contribution in [2.45, 2.75) is 40.0 Å². The maximum absolute atomic E-state index is 4.75. The molecule has 1 aliphatic rings. The predicted molar refractivity (Wildman–Crippen MR) is 85.1 cm³/mol. The molecule has 3 nitrogen and oxygen atoms in total. The molecular formula is C15H25N3S. The lowest BCUT2D eigenvalue weighted by Crippen LogP contribution is -2.29. The van der Waals surface area contributed by atoms with Crippen molar-refractivity contribution >= 4 is 22.5 Å². The summed E-state index contributed by atoms with van der Waals surface area (Å²) in [6.45, 7) is 10.8. The number of hydrogen-bond donors (Lipinski definition) is 1. The fourth-order valence-electron chi connectivity index (χ4n) is 2.34. The van der Waals surface area contributed by atoms with Crippen LogP contribution in [0.4, 0.5) is 5.13 Å². The van der Waals surface area contributed by atoms with E-state index >= 15 is 0 Å². The molecule has 106 valence electrons. The van der Waals surface area contributed by atoms with Crippen molar-refractivity contribution in [3.8, 4) is 0 Å². The average Bonchev–Trinajstić information content (AvgIpc) is 2.79. The number of nitrogens with one attached hydrogen (secondary N) is 1. The molecule has 1 saturated heterocycles. The Morgan fingerprint density at radius 1 is 1.37 bits per heavy atom. The maximum Gasteiger partial charge on any atom is 0.186 e. The van der Waals surface area contributed by atoms with Gasteiger partial charge in [0.1, 0.15) is 0 Å². The van der Waals surface area contributed by atoms with Gasteiger partial charge >= 0.3 is 0 Å². The zero-order valence-corrected chi connectivity index (χ0v) is 13.1. The topological polar surface area (TPSA) is 28.2 Å². The second-order valence-electron chi connectivity index (χ2n) is 5.26. The Hall–Kier alpha value is -0.870. The number of piperidine rings is 1. The summed E-state index contributed by atoms with van der Waals surface area (Å²) in [7, 11) is 0. The number of anilines is 1. The molecule has 4 heteroatoms. The summed E-state index contributed by atoms with van der Waals surface area (Å²) < 4.78 is 0. The van der Waals surface area contributed by atoms with Crippen LogP contribution in [-0.2, 0) is 0 Å². The third-order valence-corrected chi connectivity index (χ3v) is 4.64. The van der Waals surface area contributed by atoms with Crippen LogP contribution in [-0.4, -0.2) is 31.2 Å². The first-order chi connectivity index (χ1) is 9.20. The zero-order chi connectivity index (χ0) is 13.7. The number of rotatable bonds is 5. The van der Waals surface area contributed by atoms with Crippen LogP contribution in [0.1, 0.15) is 43.7 Å². The third-order valence-electron chi connectivity index (χ3n) is 3.48. The molecule has 0 atom stereocenters. The molecule has 0 amide bonds. The fourth-order valence-corrected chi connectivity index (χ4v) is 3.49. The standard InChI is InChI=1S/C15H25N3S/c1-4-16-11-12(2)10-14-13(3)17-15(19-14)18-8-6-5-7-9-18/h10,16H,4-9,11H2,1-3H3. The Balaban J connectivity index is 2.07. The molecule has 1 aliphatic heterocycles. The van der Waals surface area contributed by atoms with E-state index in [1.54, 1.807) is 0 Å². The summed E-state index contributed by atoms with van der Waals surface area (Å²) in [5, 5.41) is 4.57. The van der Waals surface area contributed by atoms with Crippen LogP contribution in [0.25, 0.3) is 6.08 Å². The van der Waals surface area contributed by atoms with Gasteiger partial charge in [0.05, 0.1) is 10.6 Å². The smallest absolute Gasteiger partial charge is 0.186 e. The summed E-state index contributed by atoms with van der Waals surface area (Å²) >= 11 is 1.84. The molecular weight excluding hydrogens is 254 g/mol. The first-order valence-corrected chi connectivity index (χ1v) is 8.12. The van der Waals surface area contributed by atoms with Gasteiger partial charge in [-0.25, -0.2) is 4.98 Å². The van der Waals surface area contributed by atoms with Gasteiger partial charge < -0.3 is 10.2 Å². The zero-order valence-electron chi connectivity index (χ0n) is 12.3. The van der Waals surface area contributed by atoms with Crippen molar-refractivity contribution in [1.82, 2.24) is 10.3 Å². The number of thiazole rings is 1. The van der Waals surface area contributed by atoms with Crippen LogP contribution < -0.4 is 10.2 Å². The number of aryl methyl sites for hydroxylation is 1. The van der Waals surface area contributed by atoms with Crippen molar-refractivity contribution in [2.24, 2.45) is 0 Å². The second kappa shape index (κ2) is 7.06. The highest BCUT2D eigenvalue weighted by atomic mass is 32.1. The van der Waals surface area contributed by atoms with Gasteiger partial charge in [0.15, 0.2) is 5.13 Å². The normalized spacial score (nSPS) is 17.0. The summed E-state index contributed by atoms with van der Waals surface area (Å²) in [5.74, 6) is 0. The molecule has 2 heterocycles. The Labute approximate surface area is 120 Å². The molecule has 0 unspecified atom stereocenters. The molecule has 1 fully saturated rings. The molecule has 0 spiro atoms. The lowest BCUT2D eigenvalue weighted by molar-refractivity contribution is 0.576. The van der Waals surface area contributed by atoms with E-state index in [4.69, 9.17) is 4.98 Å². The van der Waals surface area contributed by atoms with Gasteiger partial charge in [0, 0.05) is 19.6 Å². The molecule has 1 aromatic rings. The lowest BCUT2D eigenvalue weighted by atomic mass is 10.1. The van der Waals surface area contributed by atoms with Crippen molar-refractivity contribution in [3.63, 3.8) is 0 Å². The fraction of sp³-hybridized carbons (Fsp3) is 0.667. The Bertz CT molecular complexity index is 431. The van der Waals surface area contributed by atoms with Crippen molar-refractivity contribution in [2.75, 3.05) is 31.1 Å². The molecule has 1 aromatic heterocycles. The summed E-state index contributed by atoms with van der Waals surface area (Å²) in [4.78, 5) is 8.51. The van der Waals surface area contributed by atoms with Crippen LogP contribution in [0.2, 0.25) is 0 Å². The molecule has 19 heavy (non-hydrogen) atoms. The number of hydrogen-bond acceptors (Lipinski definition) is 4. The van der Waals surface area contributed by atoms with E-state index in [9.17, 15) is 0 Å². The molecule has 1 N–H and O–H groups in total. The van der Waals surface area contributed by atoms with E-state index in [-0.39, 0.29) is 0 Å².